The van der Waals surface area contributed by atoms with Crippen LogP contribution in [0.1, 0.15) is 24.3 Å². The molecule has 0 spiro atoms. The van der Waals surface area contributed by atoms with Crippen molar-refractivity contribution in [2.45, 2.75) is 18.8 Å². The minimum absolute atomic E-state index is 0.414. The largest absolute Gasteiger partial charge is 0.336 e. The number of carbonyl (C=O) groups excluding carboxylic acids is 2. The highest BCUT2D eigenvalue weighted by atomic mass is 16.2. The highest BCUT2D eigenvalue weighted by Crippen LogP contribution is 2.32. The van der Waals surface area contributed by atoms with Crippen molar-refractivity contribution in [3.8, 4) is 0 Å². The molecule has 5 heteroatoms. The molecule has 0 saturated carbocycles. The van der Waals surface area contributed by atoms with E-state index in [1.165, 1.54) is 10.5 Å². The molecule has 1 unspecified atom stereocenters. The first-order valence-electron chi connectivity index (χ1n) is 7.55. The maximum atomic E-state index is 12.3. The molecule has 3 rings (SSSR count). The third-order valence-corrected chi connectivity index (χ3v) is 4.40. The highest BCUT2D eigenvalue weighted by Gasteiger charge is 2.33. The summed E-state index contributed by atoms with van der Waals surface area (Å²) in [5, 5.41) is 3.41. The van der Waals surface area contributed by atoms with Crippen LogP contribution in [-0.2, 0) is 9.59 Å². The molecule has 2 amide bonds. The SMILES string of the molecule is CN1CCN(c2ccccc2C2CCCNC2)C(=O)C1=O. The van der Waals surface area contributed by atoms with Crippen LogP contribution >= 0.6 is 0 Å². The Balaban J connectivity index is 1.91. The number of rotatable bonds is 2. The first kappa shape index (κ1) is 14.1. The van der Waals surface area contributed by atoms with Gasteiger partial charge in [-0.3, -0.25) is 9.59 Å². The monoisotopic (exact) mass is 287 g/mol. The zero-order valence-corrected chi connectivity index (χ0v) is 12.3. The number of carbonyl (C=O) groups is 2. The molecule has 0 aliphatic carbocycles. The molecule has 0 aromatic heterocycles. The number of para-hydroxylation sites is 1. The lowest BCUT2D eigenvalue weighted by molar-refractivity contribution is -0.145. The second kappa shape index (κ2) is 5.85. The molecule has 112 valence electrons. The summed E-state index contributed by atoms with van der Waals surface area (Å²) in [6.45, 7) is 3.15. The summed E-state index contributed by atoms with van der Waals surface area (Å²) in [7, 11) is 1.68. The number of nitrogens with zero attached hydrogens (tertiary/aromatic N) is 2. The first-order valence-corrected chi connectivity index (χ1v) is 7.55. The molecule has 2 saturated heterocycles. The Morgan fingerprint density at radius 3 is 2.71 bits per heavy atom. The molecule has 2 aliphatic heterocycles. The van der Waals surface area contributed by atoms with Gasteiger partial charge in [0.1, 0.15) is 0 Å². The Bertz CT molecular complexity index is 552. The number of benzene rings is 1. The van der Waals surface area contributed by atoms with E-state index in [1.807, 2.05) is 18.2 Å². The van der Waals surface area contributed by atoms with Crippen LogP contribution in [0, 0.1) is 0 Å². The Hall–Kier alpha value is -1.88. The van der Waals surface area contributed by atoms with Crippen molar-refractivity contribution < 1.29 is 9.59 Å². The lowest BCUT2D eigenvalue weighted by Gasteiger charge is -2.34. The van der Waals surface area contributed by atoms with E-state index in [-0.39, 0.29) is 0 Å². The van der Waals surface area contributed by atoms with Gasteiger partial charge in [0.25, 0.3) is 0 Å². The van der Waals surface area contributed by atoms with Gasteiger partial charge in [-0.15, -0.1) is 0 Å². The minimum atomic E-state index is -0.419. The van der Waals surface area contributed by atoms with E-state index < -0.39 is 11.8 Å². The average molecular weight is 287 g/mol. The predicted octanol–water partition coefficient (Wildman–Crippen LogP) is 0.959. The third kappa shape index (κ3) is 2.65. The molecule has 2 heterocycles. The lowest BCUT2D eigenvalue weighted by atomic mass is 9.90. The van der Waals surface area contributed by atoms with Gasteiger partial charge in [0, 0.05) is 32.4 Å². The molecule has 1 atom stereocenters. The lowest BCUT2D eigenvalue weighted by Crippen LogP contribution is -2.53. The number of hydrogen-bond donors (Lipinski definition) is 1. The fourth-order valence-electron chi connectivity index (χ4n) is 3.16. The predicted molar refractivity (Wildman–Crippen MR) is 81.3 cm³/mol. The van der Waals surface area contributed by atoms with Crippen LogP contribution in [0.5, 0.6) is 0 Å². The third-order valence-electron chi connectivity index (χ3n) is 4.40. The van der Waals surface area contributed by atoms with E-state index in [9.17, 15) is 9.59 Å². The van der Waals surface area contributed by atoms with Gasteiger partial charge in [-0.1, -0.05) is 18.2 Å². The summed E-state index contributed by atoms with van der Waals surface area (Å²) in [6, 6.07) is 7.99. The van der Waals surface area contributed by atoms with Crippen LogP contribution in [0.15, 0.2) is 24.3 Å². The summed E-state index contributed by atoms with van der Waals surface area (Å²) in [4.78, 5) is 27.3. The molecule has 5 nitrogen and oxygen atoms in total. The maximum Gasteiger partial charge on any atom is 0.316 e. The second-order valence-electron chi connectivity index (χ2n) is 5.79. The molecule has 1 aromatic rings. The number of nitrogens with one attached hydrogen (secondary N) is 1. The second-order valence-corrected chi connectivity index (χ2v) is 5.79. The topological polar surface area (TPSA) is 52.6 Å². The number of hydrogen-bond acceptors (Lipinski definition) is 3. The standard InChI is InChI=1S/C16H21N3O2/c1-18-9-10-19(16(21)15(18)20)14-7-3-2-6-13(14)12-5-4-8-17-11-12/h2-3,6-7,12,17H,4-5,8-11H2,1H3. The Kier molecular flexibility index (Phi) is 3.92. The van der Waals surface area contributed by atoms with Crippen molar-refractivity contribution in [3.63, 3.8) is 0 Å². The smallest absolute Gasteiger partial charge is 0.316 e. The number of piperidine rings is 1. The van der Waals surface area contributed by atoms with Crippen LogP contribution in [0.3, 0.4) is 0 Å². The summed E-state index contributed by atoms with van der Waals surface area (Å²) in [6.07, 6.45) is 2.27. The molecule has 1 aromatic carbocycles. The quantitative estimate of drug-likeness (QED) is 0.824. The van der Waals surface area contributed by atoms with Gasteiger partial charge >= 0.3 is 11.8 Å². The van der Waals surface area contributed by atoms with Gasteiger partial charge in [-0.2, -0.15) is 0 Å². The molecule has 2 aliphatic rings. The summed E-state index contributed by atoms with van der Waals surface area (Å²) in [5.41, 5.74) is 2.08. The highest BCUT2D eigenvalue weighted by molar-refractivity contribution is 6.41. The van der Waals surface area contributed by atoms with Crippen LogP contribution in [-0.4, -0.2) is 49.9 Å². The van der Waals surface area contributed by atoms with Crippen LogP contribution in [0.2, 0.25) is 0 Å². The molecule has 2 fully saturated rings. The van der Waals surface area contributed by atoms with E-state index in [4.69, 9.17) is 0 Å². The molecular formula is C16H21N3O2. The van der Waals surface area contributed by atoms with Crippen LogP contribution < -0.4 is 10.2 Å². The van der Waals surface area contributed by atoms with Gasteiger partial charge in [-0.25, -0.2) is 0 Å². The zero-order chi connectivity index (χ0) is 14.8. The van der Waals surface area contributed by atoms with E-state index in [0.29, 0.717) is 19.0 Å². The van der Waals surface area contributed by atoms with Crippen molar-refractivity contribution in [2.24, 2.45) is 0 Å². The number of piperazine rings is 1. The van der Waals surface area contributed by atoms with E-state index in [1.54, 1.807) is 11.9 Å². The minimum Gasteiger partial charge on any atom is -0.336 e. The normalized spacial score (nSPS) is 23.6. The molecule has 21 heavy (non-hydrogen) atoms. The van der Waals surface area contributed by atoms with Gasteiger partial charge < -0.3 is 15.1 Å². The van der Waals surface area contributed by atoms with E-state index in [0.717, 1.165) is 31.6 Å². The summed E-state index contributed by atoms with van der Waals surface area (Å²) < 4.78 is 0. The maximum absolute atomic E-state index is 12.3. The Morgan fingerprint density at radius 1 is 1.14 bits per heavy atom. The average Bonchev–Trinajstić information content (AvgIpc) is 2.54. The fraction of sp³-hybridized carbons (Fsp3) is 0.500. The van der Waals surface area contributed by atoms with Gasteiger partial charge in [0.15, 0.2) is 0 Å². The van der Waals surface area contributed by atoms with Crippen LogP contribution in [0.4, 0.5) is 5.69 Å². The Morgan fingerprint density at radius 2 is 1.95 bits per heavy atom. The summed E-state index contributed by atoms with van der Waals surface area (Å²) >= 11 is 0. The van der Waals surface area contributed by atoms with Gasteiger partial charge in [0.05, 0.1) is 0 Å². The van der Waals surface area contributed by atoms with Crippen molar-refractivity contribution in [3.05, 3.63) is 29.8 Å². The Labute approximate surface area is 124 Å². The molecular weight excluding hydrogens is 266 g/mol. The van der Waals surface area contributed by atoms with Crippen LogP contribution in [0.25, 0.3) is 0 Å². The fourth-order valence-corrected chi connectivity index (χ4v) is 3.16. The first-order chi connectivity index (χ1) is 10.2. The van der Waals surface area contributed by atoms with E-state index >= 15 is 0 Å². The number of likely N-dealkylation sites (N-methyl/N-ethyl adjacent to an activating group) is 1. The molecule has 0 bridgehead atoms. The zero-order valence-electron chi connectivity index (χ0n) is 12.3. The van der Waals surface area contributed by atoms with Gasteiger partial charge in [-0.05, 0) is 36.9 Å². The summed E-state index contributed by atoms with van der Waals surface area (Å²) in [5.74, 6) is -0.421. The van der Waals surface area contributed by atoms with Crippen molar-refractivity contribution in [1.29, 1.82) is 0 Å². The molecule has 0 radical (unpaired) electrons. The molecule has 1 N–H and O–H groups in total. The van der Waals surface area contributed by atoms with E-state index in [2.05, 4.69) is 11.4 Å². The van der Waals surface area contributed by atoms with Crippen molar-refractivity contribution in [1.82, 2.24) is 10.2 Å². The number of anilines is 1. The number of amides is 2. The van der Waals surface area contributed by atoms with Crippen molar-refractivity contribution >= 4 is 17.5 Å². The van der Waals surface area contributed by atoms with Crippen molar-refractivity contribution in [2.75, 3.05) is 38.1 Å². The van der Waals surface area contributed by atoms with Gasteiger partial charge in [0.2, 0.25) is 0 Å².